The fraction of sp³-hybridized carbons (Fsp3) is 0.233. The highest BCUT2D eigenvalue weighted by molar-refractivity contribution is 8.00. The largest absolute Gasteiger partial charge is 0.462 e. The number of imide groups is 1. The van der Waals surface area contributed by atoms with Gasteiger partial charge in [-0.3, -0.25) is 23.7 Å². The third-order valence-corrected chi connectivity index (χ3v) is 10.9. The second-order valence-electron chi connectivity index (χ2n) is 10.1. The van der Waals surface area contributed by atoms with Crippen LogP contribution in [0, 0.1) is 5.92 Å². The lowest BCUT2D eigenvalue weighted by molar-refractivity contribution is -0.137. The van der Waals surface area contributed by atoms with E-state index in [1.54, 1.807) is 13.0 Å². The highest BCUT2D eigenvalue weighted by atomic mass is 32.2. The molecule has 3 atom stereocenters. The maximum absolute atomic E-state index is 13.9. The van der Waals surface area contributed by atoms with Gasteiger partial charge in [0.25, 0.3) is 0 Å². The van der Waals surface area contributed by atoms with Crippen molar-refractivity contribution in [1.82, 2.24) is 4.57 Å². The number of ether oxygens (including phenoxy) is 1. The number of anilines is 2. The molecular weight excluding hydrogens is 652 g/mol. The number of thiophene rings is 1. The van der Waals surface area contributed by atoms with Crippen LogP contribution in [0.1, 0.15) is 38.5 Å². The van der Waals surface area contributed by atoms with Gasteiger partial charge in [0.2, 0.25) is 17.7 Å². The minimum Gasteiger partial charge on any atom is -0.462 e. The Morgan fingerprint density at radius 3 is 2.42 bits per heavy atom. The summed E-state index contributed by atoms with van der Waals surface area (Å²) in [4.78, 5) is 67.9. The summed E-state index contributed by atoms with van der Waals surface area (Å²) in [5.41, 5.74) is -0.482. The van der Waals surface area contributed by atoms with Crippen LogP contribution in [0.5, 0.6) is 0 Å². The minimum absolute atomic E-state index is 0.0858. The lowest BCUT2D eigenvalue weighted by Gasteiger charge is -2.29. The van der Waals surface area contributed by atoms with Crippen molar-refractivity contribution in [2.75, 3.05) is 16.8 Å². The molecule has 4 aromatic rings. The molecule has 1 saturated heterocycles. The van der Waals surface area contributed by atoms with Crippen molar-refractivity contribution in [2.24, 2.45) is 5.92 Å². The van der Waals surface area contributed by atoms with Crippen LogP contribution in [0.3, 0.4) is 0 Å². The summed E-state index contributed by atoms with van der Waals surface area (Å²) in [5.74, 6) is -3.72. The second kappa shape index (κ2) is 11.9. The lowest BCUT2D eigenvalue weighted by Crippen LogP contribution is -2.32. The molecule has 0 spiro atoms. The van der Waals surface area contributed by atoms with Crippen molar-refractivity contribution >= 4 is 69.5 Å². The predicted octanol–water partition coefficient (Wildman–Crippen LogP) is 5.60. The second-order valence-corrected chi connectivity index (χ2v) is 13.2. The first-order valence-electron chi connectivity index (χ1n) is 13.5. The van der Waals surface area contributed by atoms with Gasteiger partial charge in [-0.1, -0.05) is 35.2 Å². The van der Waals surface area contributed by atoms with Gasteiger partial charge in [0.05, 0.1) is 34.4 Å². The van der Waals surface area contributed by atoms with E-state index in [1.807, 2.05) is 11.4 Å². The summed E-state index contributed by atoms with van der Waals surface area (Å²) in [6, 6.07) is 13.7. The minimum atomic E-state index is -4.60. The number of thioether (sulfide) groups is 1. The molecule has 4 heterocycles. The van der Waals surface area contributed by atoms with E-state index in [2.05, 4.69) is 5.32 Å². The van der Waals surface area contributed by atoms with E-state index in [0.717, 1.165) is 51.1 Å². The van der Waals surface area contributed by atoms with Crippen molar-refractivity contribution in [3.8, 4) is 0 Å². The Hall–Kier alpha value is -4.21. The number of hydrogen-bond donors (Lipinski definition) is 1. The highest BCUT2D eigenvalue weighted by Gasteiger charge is 2.57. The number of aromatic nitrogens is 1. The summed E-state index contributed by atoms with van der Waals surface area (Å²) in [6.45, 7) is 1.36. The van der Waals surface area contributed by atoms with E-state index in [-0.39, 0.29) is 23.5 Å². The Kier molecular flexibility index (Phi) is 8.18. The predicted molar refractivity (Wildman–Crippen MR) is 163 cm³/mol. The van der Waals surface area contributed by atoms with Crippen LogP contribution in [0.4, 0.5) is 24.5 Å². The molecule has 15 heteroatoms. The van der Waals surface area contributed by atoms with Crippen molar-refractivity contribution in [3.63, 3.8) is 0 Å². The van der Waals surface area contributed by atoms with Crippen LogP contribution in [0.2, 0.25) is 0 Å². The molecule has 6 rings (SSSR count). The standard InChI is InChI=1S/C30H22F3N3O6S3/c1-2-42-28(40)15-8-10-18(11-9-15)36-25(38)22-21(19-7-4-12-43-19)24-27(44-23(22)26(36)39)35(29(41)45-24)14-20(37)34-17-6-3-5-16(13-17)30(31,32)33/h3-13,21-23H,2,14H2,1H3,(H,34,37)/t21-,22+,23-/m0/s1. The Morgan fingerprint density at radius 1 is 1.00 bits per heavy atom. The van der Waals surface area contributed by atoms with Crippen molar-refractivity contribution in [1.29, 1.82) is 0 Å². The number of thiazole rings is 1. The Morgan fingerprint density at radius 2 is 1.76 bits per heavy atom. The summed E-state index contributed by atoms with van der Waals surface area (Å²) in [7, 11) is 0. The lowest BCUT2D eigenvalue weighted by atomic mass is 9.87. The first-order valence-corrected chi connectivity index (χ1v) is 16.1. The normalized spacial score (nSPS) is 19.3. The number of rotatable bonds is 7. The molecule has 232 valence electrons. The number of halogens is 3. The molecule has 0 aliphatic carbocycles. The average molecular weight is 674 g/mol. The van der Waals surface area contributed by atoms with Crippen LogP contribution >= 0.6 is 34.4 Å². The van der Waals surface area contributed by atoms with Crippen molar-refractivity contribution in [2.45, 2.75) is 35.8 Å². The number of benzene rings is 2. The fourth-order valence-electron chi connectivity index (χ4n) is 5.36. The third kappa shape index (κ3) is 5.71. The monoisotopic (exact) mass is 673 g/mol. The molecule has 0 saturated carbocycles. The Labute approximate surface area is 265 Å². The quantitative estimate of drug-likeness (QED) is 0.201. The molecule has 45 heavy (non-hydrogen) atoms. The number of fused-ring (bicyclic) bond motifs is 2. The number of carbonyl (C=O) groups excluding carboxylic acids is 4. The van der Waals surface area contributed by atoms with Gasteiger partial charge in [0, 0.05) is 21.4 Å². The van der Waals surface area contributed by atoms with Gasteiger partial charge < -0.3 is 10.1 Å². The molecule has 2 aromatic heterocycles. The first kappa shape index (κ1) is 30.8. The molecule has 9 nitrogen and oxygen atoms in total. The molecule has 2 aliphatic rings. The maximum atomic E-state index is 13.9. The molecule has 2 aromatic carbocycles. The van der Waals surface area contributed by atoms with E-state index in [9.17, 15) is 37.1 Å². The summed E-state index contributed by atoms with van der Waals surface area (Å²) in [5, 5.41) is 3.66. The first-order chi connectivity index (χ1) is 21.5. The number of alkyl halides is 3. The van der Waals surface area contributed by atoms with Gasteiger partial charge >= 0.3 is 17.0 Å². The van der Waals surface area contributed by atoms with Crippen LogP contribution in [-0.4, -0.2) is 40.1 Å². The summed E-state index contributed by atoms with van der Waals surface area (Å²) < 4.78 is 45.7. The van der Waals surface area contributed by atoms with E-state index >= 15 is 0 Å². The zero-order chi connectivity index (χ0) is 32.0. The number of carbonyl (C=O) groups is 4. The average Bonchev–Trinajstić information content (AvgIpc) is 3.70. The summed E-state index contributed by atoms with van der Waals surface area (Å²) >= 11 is 3.25. The summed E-state index contributed by atoms with van der Waals surface area (Å²) in [6.07, 6.45) is -4.60. The Bertz CT molecular complexity index is 1870. The van der Waals surface area contributed by atoms with Gasteiger partial charge in [-0.05, 0) is 60.8 Å². The third-order valence-electron chi connectivity index (χ3n) is 7.31. The number of nitrogens with one attached hydrogen (secondary N) is 1. The number of esters is 1. The van der Waals surface area contributed by atoms with Gasteiger partial charge in [-0.25, -0.2) is 9.69 Å². The van der Waals surface area contributed by atoms with Crippen LogP contribution in [0.25, 0.3) is 0 Å². The van der Waals surface area contributed by atoms with Crippen LogP contribution in [0.15, 0.2) is 75.9 Å². The Balaban J connectivity index is 1.32. The van der Waals surface area contributed by atoms with E-state index in [1.165, 1.54) is 46.2 Å². The van der Waals surface area contributed by atoms with Crippen molar-refractivity contribution in [3.05, 3.63) is 96.6 Å². The van der Waals surface area contributed by atoms with E-state index in [4.69, 9.17) is 4.74 Å². The molecule has 1 fully saturated rings. The number of hydrogen-bond acceptors (Lipinski definition) is 9. The molecule has 2 aliphatic heterocycles. The highest BCUT2D eigenvalue weighted by Crippen LogP contribution is 2.54. The molecule has 0 bridgehead atoms. The molecule has 1 N–H and O–H groups in total. The van der Waals surface area contributed by atoms with Crippen LogP contribution in [-0.2, 0) is 31.8 Å². The molecule has 0 radical (unpaired) electrons. The van der Waals surface area contributed by atoms with Gasteiger partial charge in [0.15, 0.2) is 0 Å². The molecule has 0 unspecified atom stereocenters. The maximum Gasteiger partial charge on any atom is 0.416 e. The zero-order valence-corrected chi connectivity index (χ0v) is 25.6. The van der Waals surface area contributed by atoms with Gasteiger partial charge in [-0.2, -0.15) is 13.2 Å². The number of amides is 3. The molecule has 3 amide bonds. The topological polar surface area (TPSA) is 115 Å². The fourth-order valence-corrected chi connectivity index (χ4v) is 9.08. The SMILES string of the molecule is CCOC(=O)c1ccc(N2C(=O)[C@@H]3[C@H](c4cccs4)c4sc(=O)n(CC(=O)Nc5cccc(C(F)(F)F)c5)c4S[C@@H]3C2=O)cc1. The zero-order valence-electron chi connectivity index (χ0n) is 23.2. The van der Waals surface area contributed by atoms with E-state index in [0.29, 0.717) is 9.90 Å². The van der Waals surface area contributed by atoms with Gasteiger partial charge in [0.1, 0.15) is 11.8 Å². The smallest absolute Gasteiger partial charge is 0.416 e. The van der Waals surface area contributed by atoms with E-state index < -0.39 is 63.9 Å². The van der Waals surface area contributed by atoms with Crippen molar-refractivity contribution < 1.29 is 37.1 Å². The number of nitrogens with zero attached hydrogens (tertiary/aromatic N) is 2. The van der Waals surface area contributed by atoms with Gasteiger partial charge in [-0.15, -0.1) is 11.3 Å². The molecular formula is C30H22F3N3O6S3. The van der Waals surface area contributed by atoms with Crippen LogP contribution < -0.4 is 15.1 Å².